The monoisotopic (exact) mass is 244 g/mol. The quantitative estimate of drug-likeness (QED) is 0.521. The molecule has 0 aromatic rings. The van der Waals surface area contributed by atoms with Gasteiger partial charge in [0.2, 0.25) is 6.04 Å². The third-order valence-corrected chi connectivity index (χ3v) is 2.84. The maximum absolute atomic E-state index is 11.8. The Bertz CT molecular complexity index is 311. The highest BCUT2D eigenvalue weighted by Crippen LogP contribution is 2.21. The van der Waals surface area contributed by atoms with E-state index in [4.69, 9.17) is 4.74 Å². The topological polar surface area (TPSA) is 72.7 Å². The lowest BCUT2D eigenvalue weighted by molar-refractivity contribution is -0.534. The summed E-state index contributed by atoms with van der Waals surface area (Å²) >= 11 is 0. The average Bonchev–Trinajstić information content (AvgIpc) is 2.14. The second kappa shape index (κ2) is 4.89. The maximum Gasteiger partial charge on any atom is 0.410 e. The fourth-order valence-electron chi connectivity index (χ4n) is 1.82. The van der Waals surface area contributed by atoms with Crippen LogP contribution in [0.4, 0.5) is 4.79 Å². The van der Waals surface area contributed by atoms with Crippen molar-refractivity contribution in [1.29, 1.82) is 0 Å². The second-order valence-corrected chi connectivity index (χ2v) is 5.55. The van der Waals surface area contributed by atoms with Gasteiger partial charge < -0.3 is 9.64 Å². The van der Waals surface area contributed by atoms with E-state index in [1.807, 2.05) is 6.92 Å². The van der Waals surface area contributed by atoms with E-state index in [0.717, 1.165) is 0 Å². The molecule has 0 aromatic carbocycles. The van der Waals surface area contributed by atoms with Crippen LogP contribution in [-0.4, -0.2) is 40.6 Å². The molecule has 98 valence electrons. The Morgan fingerprint density at radius 2 is 2.06 bits per heavy atom. The number of amides is 1. The van der Waals surface area contributed by atoms with Crippen molar-refractivity contribution in [1.82, 2.24) is 4.90 Å². The van der Waals surface area contributed by atoms with Gasteiger partial charge in [0.05, 0.1) is 6.54 Å². The molecule has 1 aliphatic rings. The summed E-state index contributed by atoms with van der Waals surface area (Å²) in [4.78, 5) is 23.7. The Morgan fingerprint density at radius 3 is 2.53 bits per heavy atom. The molecule has 1 amide bonds. The van der Waals surface area contributed by atoms with Gasteiger partial charge >= 0.3 is 6.09 Å². The van der Waals surface area contributed by atoms with Gasteiger partial charge in [-0.1, -0.05) is 6.92 Å². The van der Waals surface area contributed by atoms with Crippen LogP contribution in [0.1, 0.15) is 34.1 Å². The summed E-state index contributed by atoms with van der Waals surface area (Å²) in [5.74, 6) is 0.00341. The SMILES string of the molecule is C[C@@H]1CCN(C(=O)OC(C)(C)C)C[C@H]1[N+](=O)[O-]. The van der Waals surface area contributed by atoms with Gasteiger partial charge in [-0.25, -0.2) is 4.79 Å². The number of likely N-dealkylation sites (tertiary alicyclic amines) is 1. The third-order valence-electron chi connectivity index (χ3n) is 2.84. The van der Waals surface area contributed by atoms with Crippen molar-refractivity contribution in [2.24, 2.45) is 5.92 Å². The Kier molecular flexibility index (Phi) is 3.95. The molecule has 0 radical (unpaired) electrons. The zero-order chi connectivity index (χ0) is 13.2. The smallest absolute Gasteiger partial charge is 0.410 e. The number of carbonyl (C=O) groups excluding carboxylic acids is 1. The van der Waals surface area contributed by atoms with Crippen molar-refractivity contribution in [3.8, 4) is 0 Å². The molecule has 0 aliphatic carbocycles. The molecule has 1 rings (SSSR count). The molecule has 6 nitrogen and oxygen atoms in total. The van der Waals surface area contributed by atoms with Crippen LogP contribution < -0.4 is 0 Å². The molecule has 1 fully saturated rings. The number of hydrogen-bond donors (Lipinski definition) is 0. The molecule has 6 heteroatoms. The molecule has 0 bridgehead atoms. The second-order valence-electron chi connectivity index (χ2n) is 5.55. The van der Waals surface area contributed by atoms with E-state index in [2.05, 4.69) is 0 Å². The van der Waals surface area contributed by atoms with Gasteiger partial charge in [0.15, 0.2) is 0 Å². The zero-order valence-corrected chi connectivity index (χ0v) is 10.8. The largest absolute Gasteiger partial charge is 0.444 e. The number of piperidine rings is 1. The molecule has 0 aromatic heterocycles. The highest BCUT2D eigenvalue weighted by molar-refractivity contribution is 5.68. The lowest BCUT2D eigenvalue weighted by Gasteiger charge is -2.33. The molecule has 0 N–H and O–H groups in total. The fourth-order valence-corrected chi connectivity index (χ4v) is 1.82. The predicted octanol–water partition coefficient (Wildman–Crippen LogP) is 1.91. The zero-order valence-electron chi connectivity index (χ0n) is 10.8. The van der Waals surface area contributed by atoms with E-state index in [9.17, 15) is 14.9 Å². The van der Waals surface area contributed by atoms with E-state index < -0.39 is 17.7 Å². The van der Waals surface area contributed by atoms with E-state index in [-0.39, 0.29) is 17.4 Å². The van der Waals surface area contributed by atoms with Gasteiger partial charge in [0.25, 0.3) is 0 Å². The van der Waals surface area contributed by atoms with Crippen molar-refractivity contribution in [2.45, 2.75) is 45.8 Å². The highest BCUT2D eigenvalue weighted by Gasteiger charge is 2.37. The fraction of sp³-hybridized carbons (Fsp3) is 0.909. The molecule has 1 heterocycles. The number of nitro groups is 1. The van der Waals surface area contributed by atoms with Crippen LogP contribution in [0.25, 0.3) is 0 Å². The van der Waals surface area contributed by atoms with E-state index >= 15 is 0 Å². The van der Waals surface area contributed by atoms with Crippen LogP contribution in [0.3, 0.4) is 0 Å². The maximum atomic E-state index is 11.8. The molecule has 1 saturated heterocycles. The first-order chi connectivity index (χ1) is 7.70. The summed E-state index contributed by atoms with van der Waals surface area (Å²) in [6, 6.07) is -0.684. The van der Waals surface area contributed by atoms with Crippen LogP contribution in [0.5, 0.6) is 0 Å². The summed E-state index contributed by atoms with van der Waals surface area (Å²) < 4.78 is 5.20. The van der Waals surface area contributed by atoms with Gasteiger partial charge in [-0.2, -0.15) is 0 Å². The summed E-state index contributed by atoms with van der Waals surface area (Å²) in [6.45, 7) is 7.86. The highest BCUT2D eigenvalue weighted by atomic mass is 16.6. The number of hydrogen-bond acceptors (Lipinski definition) is 4. The predicted molar refractivity (Wildman–Crippen MR) is 62.4 cm³/mol. The number of rotatable bonds is 1. The average molecular weight is 244 g/mol. The normalized spacial score (nSPS) is 25.5. The first kappa shape index (κ1) is 13.7. The van der Waals surface area contributed by atoms with Gasteiger partial charge in [-0.05, 0) is 27.2 Å². The van der Waals surface area contributed by atoms with Crippen LogP contribution in [0.15, 0.2) is 0 Å². The van der Waals surface area contributed by atoms with Crippen LogP contribution in [0, 0.1) is 16.0 Å². The molecule has 2 atom stereocenters. The minimum atomic E-state index is -0.684. The lowest BCUT2D eigenvalue weighted by Crippen LogP contribution is -2.50. The summed E-state index contributed by atoms with van der Waals surface area (Å²) in [5.41, 5.74) is -0.565. The van der Waals surface area contributed by atoms with Gasteiger partial charge in [0, 0.05) is 17.4 Å². The number of ether oxygens (including phenoxy) is 1. The van der Waals surface area contributed by atoms with Crippen molar-refractivity contribution >= 4 is 6.09 Å². The Morgan fingerprint density at radius 1 is 1.47 bits per heavy atom. The molecule has 17 heavy (non-hydrogen) atoms. The standard InChI is InChI=1S/C11H20N2O4/c1-8-5-6-12(7-9(8)13(15)16)10(14)17-11(2,3)4/h8-9H,5-7H2,1-4H3/t8-,9-/m1/s1. The molecule has 0 spiro atoms. The van der Waals surface area contributed by atoms with Crippen molar-refractivity contribution in [2.75, 3.05) is 13.1 Å². The Labute approximate surface area is 101 Å². The first-order valence-corrected chi connectivity index (χ1v) is 5.82. The molecule has 0 unspecified atom stereocenters. The van der Waals surface area contributed by atoms with Crippen LogP contribution in [-0.2, 0) is 4.74 Å². The number of nitrogens with zero attached hydrogens (tertiary/aromatic N) is 2. The Balaban J connectivity index is 2.62. The van der Waals surface area contributed by atoms with Crippen molar-refractivity contribution in [3.63, 3.8) is 0 Å². The summed E-state index contributed by atoms with van der Waals surface area (Å²) in [5, 5.41) is 10.8. The third kappa shape index (κ3) is 3.87. The first-order valence-electron chi connectivity index (χ1n) is 5.82. The van der Waals surface area contributed by atoms with Crippen LogP contribution in [0.2, 0.25) is 0 Å². The Hall–Kier alpha value is -1.33. The minimum Gasteiger partial charge on any atom is -0.444 e. The summed E-state index contributed by atoms with van der Waals surface area (Å²) in [6.07, 6.45) is 0.182. The van der Waals surface area contributed by atoms with Crippen molar-refractivity contribution in [3.05, 3.63) is 10.1 Å². The van der Waals surface area contributed by atoms with Gasteiger partial charge in [0.1, 0.15) is 5.60 Å². The van der Waals surface area contributed by atoms with E-state index in [1.54, 1.807) is 20.8 Å². The number of carbonyl (C=O) groups is 1. The van der Waals surface area contributed by atoms with Crippen LogP contribution >= 0.6 is 0 Å². The molecule has 1 aliphatic heterocycles. The molecular weight excluding hydrogens is 224 g/mol. The van der Waals surface area contributed by atoms with Gasteiger partial charge in [-0.3, -0.25) is 10.1 Å². The van der Waals surface area contributed by atoms with Crippen molar-refractivity contribution < 1.29 is 14.5 Å². The molecule has 0 saturated carbocycles. The van der Waals surface area contributed by atoms with E-state index in [1.165, 1.54) is 4.90 Å². The van der Waals surface area contributed by atoms with Gasteiger partial charge in [-0.15, -0.1) is 0 Å². The lowest BCUT2D eigenvalue weighted by atomic mass is 9.94. The minimum absolute atomic E-state index is 0.00341. The van der Waals surface area contributed by atoms with E-state index in [0.29, 0.717) is 13.0 Å². The summed E-state index contributed by atoms with van der Waals surface area (Å²) in [7, 11) is 0. The molecular formula is C11H20N2O4.